The van der Waals surface area contributed by atoms with Crippen molar-refractivity contribution in [3.05, 3.63) is 0 Å². The van der Waals surface area contributed by atoms with Crippen LogP contribution in [0.5, 0.6) is 0 Å². The molecule has 0 aromatic heterocycles. The summed E-state index contributed by atoms with van der Waals surface area (Å²) in [5, 5.41) is 6.91. The van der Waals surface area contributed by atoms with Gasteiger partial charge in [0.2, 0.25) is 0 Å². The topological polar surface area (TPSA) is 33.3 Å². The highest BCUT2D eigenvalue weighted by atomic mass is 32.1. The average molecular weight is 218 g/mol. The fourth-order valence-electron chi connectivity index (χ4n) is 0.857. The number of nitrogens with one attached hydrogen (secondary N) is 2. The molecule has 0 saturated heterocycles. The first-order valence-corrected chi connectivity index (χ1v) is 5.67. The summed E-state index contributed by atoms with van der Waals surface area (Å²) in [6, 6.07) is 0. The SMILES string of the molecule is CCCNC(=S)NCCOCC(C)C. The van der Waals surface area contributed by atoms with Crippen molar-refractivity contribution < 1.29 is 4.74 Å². The standard InChI is InChI=1S/C10H22N2OS/c1-4-5-11-10(14)12-6-7-13-8-9(2)3/h9H,4-8H2,1-3H3,(H2,11,12,14). The average Bonchev–Trinajstić information content (AvgIpc) is 2.13. The molecule has 0 aromatic carbocycles. The van der Waals surface area contributed by atoms with Crippen molar-refractivity contribution in [2.45, 2.75) is 27.2 Å². The van der Waals surface area contributed by atoms with Gasteiger partial charge in [-0.2, -0.15) is 0 Å². The van der Waals surface area contributed by atoms with Gasteiger partial charge in [0.15, 0.2) is 5.11 Å². The van der Waals surface area contributed by atoms with Gasteiger partial charge in [0.25, 0.3) is 0 Å². The summed E-state index contributed by atoms with van der Waals surface area (Å²) < 4.78 is 5.40. The van der Waals surface area contributed by atoms with Crippen molar-refractivity contribution in [1.82, 2.24) is 10.6 Å². The van der Waals surface area contributed by atoms with E-state index in [1.165, 1.54) is 0 Å². The number of hydrogen-bond acceptors (Lipinski definition) is 2. The van der Waals surface area contributed by atoms with E-state index in [4.69, 9.17) is 17.0 Å². The van der Waals surface area contributed by atoms with Crippen LogP contribution in [0.3, 0.4) is 0 Å². The first-order valence-electron chi connectivity index (χ1n) is 5.26. The molecule has 0 radical (unpaired) electrons. The Labute approximate surface area is 92.6 Å². The van der Waals surface area contributed by atoms with Crippen molar-refractivity contribution in [1.29, 1.82) is 0 Å². The van der Waals surface area contributed by atoms with Crippen LogP contribution in [-0.2, 0) is 4.74 Å². The van der Waals surface area contributed by atoms with Gasteiger partial charge < -0.3 is 15.4 Å². The Hall–Kier alpha value is -0.350. The maximum Gasteiger partial charge on any atom is 0.166 e. The van der Waals surface area contributed by atoms with Gasteiger partial charge in [-0.3, -0.25) is 0 Å². The molecule has 0 aliphatic heterocycles. The molecule has 0 spiro atoms. The van der Waals surface area contributed by atoms with Crippen molar-refractivity contribution in [2.24, 2.45) is 5.92 Å². The molecule has 0 unspecified atom stereocenters. The highest BCUT2D eigenvalue weighted by Gasteiger charge is 1.95. The van der Waals surface area contributed by atoms with Gasteiger partial charge in [-0.1, -0.05) is 20.8 Å². The third-order valence-electron chi connectivity index (χ3n) is 1.52. The molecule has 84 valence electrons. The number of hydrogen-bond donors (Lipinski definition) is 2. The van der Waals surface area contributed by atoms with E-state index in [-0.39, 0.29) is 0 Å². The number of thiocarbonyl (C=S) groups is 1. The molecule has 0 saturated carbocycles. The second kappa shape index (κ2) is 9.21. The van der Waals surface area contributed by atoms with Crippen molar-refractivity contribution in [3.63, 3.8) is 0 Å². The molecule has 0 amide bonds. The largest absolute Gasteiger partial charge is 0.379 e. The van der Waals surface area contributed by atoms with Gasteiger partial charge >= 0.3 is 0 Å². The Morgan fingerprint density at radius 1 is 1.29 bits per heavy atom. The Morgan fingerprint density at radius 2 is 1.93 bits per heavy atom. The maximum absolute atomic E-state index is 5.40. The molecule has 2 N–H and O–H groups in total. The van der Waals surface area contributed by atoms with Crippen LogP contribution in [0.1, 0.15) is 27.2 Å². The first kappa shape index (κ1) is 13.7. The van der Waals surface area contributed by atoms with Crippen LogP contribution in [0.2, 0.25) is 0 Å². The summed E-state index contributed by atoms with van der Waals surface area (Å²) >= 11 is 5.04. The zero-order chi connectivity index (χ0) is 10.8. The second-order valence-corrected chi connectivity index (χ2v) is 4.06. The minimum atomic E-state index is 0.597. The van der Waals surface area contributed by atoms with E-state index in [1.54, 1.807) is 0 Å². The van der Waals surface area contributed by atoms with Gasteiger partial charge in [-0.25, -0.2) is 0 Å². The normalized spacial score (nSPS) is 10.3. The van der Waals surface area contributed by atoms with Crippen molar-refractivity contribution >= 4 is 17.3 Å². The van der Waals surface area contributed by atoms with Crippen LogP contribution in [0.4, 0.5) is 0 Å². The molecular formula is C10H22N2OS. The van der Waals surface area contributed by atoms with E-state index < -0.39 is 0 Å². The summed E-state index contributed by atoms with van der Waals surface area (Å²) in [7, 11) is 0. The van der Waals surface area contributed by atoms with E-state index in [0.29, 0.717) is 12.5 Å². The van der Waals surface area contributed by atoms with E-state index >= 15 is 0 Å². The molecule has 0 heterocycles. The lowest BCUT2D eigenvalue weighted by Crippen LogP contribution is -2.37. The van der Waals surface area contributed by atoms with Crippen LogP contribution in [0.15, 0.2) is 0 Å². The second-order valence-electron chi connectivity index (χ2n) is 3.65. The van der Waals surface area contributed by atoms with Gasteiger partial charge in [-0.15, -0.1) is 0 Å². The lowest BCUT2D eigenvalue weighted by Gasteiger charge is -2.10. The third kappa shape index (κ3) is 9.74. The highest BCUT2D eigenvalue weighted by molar-refractivity contribution is 7.80. The predicted octanol–water partition coefficient (Wildman–Crippen LogP) is 1.53. The minimum absolute atomic E-state index is 0.597. The zero-order valence-electron chi connectivity index (χ0n) is 9.43. The Balaban J connectivity index is 3.15. The first-order chi connectivity index (χ1) is 6.66. The molecule has 0 fully saturated rings. The summed E-state index contributed by atoms with van der Waals surface area (Å²) in [5.41, 5.74) is 0. The molecule has 3 nitrogen and oxygen atoms in total. The van der Waals surface area contributed by atoms with Crippen LogP contribution in [0.25, 0.3) is 0 Å². The summed E-state index contributed by atoms with van der Waals surface area (Å²) in [6.07, 6.45) is 1.09. The van der Waals surface area contributed by atoms with Crippen molar-refractivity contribution in [3.8, 4) is 0 Å². The predicted molar refractivity (Wildman–Crippen MR) is 64.6 cm³/mol. The van der Waals surface area contributed by atoms with Gasteiger partial charge in [0.05, 0.1) is 6.61 Å². The van der Waals surface area contributed by atoms with E-state index in [9.17, 15) is 0 Å². The van der Waals surface area contributed by atoms with E-state index in [1.807, 2.05) is 0 Å². The van der Waals surface area contributed by atoms with Crippen LogP contribution in [-0.4, -0.2) is 31.4 Å². The van der Waals surface area contributed by atoms with Crippen LogP contribution >= 0.6 is 12.2 Å². The van der Waals surface area contributed by atoms with Crippen LogP contribution in [0, 0.1) is 5.92 Å². The highest BCUT2D eigenvalue weighted by Crippen LogP contribution is 1.90. The van der Waals surface area contributed by atoms with E-state index in [2.05, 4.69) is 31.4 Å². The quantitative estimate of drug-likeness (QED) is 0.501. The molecule has 0 aliphatic carbocycles. The molecule has 0 aliphatic rings. The third-order valence-corrected chi connectivity index (χ3v) is 1.81. The smallest absolute Gasteiger partial charge is 0.166 e. The lowest BCUT2D eigenvalue weighted by molar-refractivity contribution is 0.114. The number of rotatable bonds is 7. The van der Waals surface area contributed by atoms with Crippen molar-refractivity contribution in [2.75, 3.05) is 26.3 Å². The van der Waals surface area contributed by atoms with E-state index in [0.717, 1.165) is 31.2 Å². The van der Waals surface area contributed by atoms with Gasteiger partial charge in [0, 0.05) is 19.7 Å². The fraction of sp³-hybridized carbons (Fsp3) is 0.900. The van der Waals surface area contributed by atoms with Gasteiger partial charge in [0.1, 0.15) is 0 Å². The monoisotopic (exact) mass is 218 g/mol. The summed E-state index contributed by atoms with van der Waals surface area (Å²) in [5.74, 6) is 0.597. The number of ether oxygens (including phenoxy) is 1. The molecule has 4 heteroatoms. The summed E-state index contributed by atoms with van der Waals surface area (Å²) in [6.45, 7) is 9.63. The molecule has 14 heavy (non-hydrogen) atoms. The molecule has 0 rings (SSSR count). The fourth-order valence-corrected chi connectivity index (χ4v) is 1.06. The summed E-state index contributed by atoms with van der Waals surface area (Å²) in [4.78, 5) is 0. The lowest BCUT2D eigenvalue weighted by atomic mass is 10.2. The van der Waals surface area contributed by atoms with Gasteiger partial charge in [-0.05, 0) is 24.6 Å². The Bertz CT molecular complexity index is 151. The Morgan fingerprint density at radius 3 is 2.50 bits per heavy atom. The molecular weight excluding hydrogens is 196 g/mol. The minimum Gasteiger partial charge on any atom is -0.379 e. The Kier molecular flexibility index (Phi) is 8.98. The molecule has 0 bridgehead atoms. The molecule has 0 atom stereocenters. The van der Waals surface area contributed by atoms with Crippen LogP contribution < -0.4 is 10.6 Å². The maximum atomic E-state index is 5.40. The molecule has 0 aromatic rings. The zero-order valence-corrected chi connectivity index (χ0v) is 10.2.